The standard InChI is InChI=1S/C19H35N3O2S.HI/c1-14-9-15(2)11-18(10-14)22-19(21-17-5-3-4-6-17)20-12-16-7-8-25(23,24)13-16;/h14-18H,3-13H2,1-2H3,(H2,20,21,22);1H. The van der Waals surface area contributed by atoms with Gasteiger partial charge in [0.05, 0.1) is 11.5 Å². The fraction of sp³-hybridized carbons (Fsp3) is 0.947. The largest absolute Gasteiger partial charge is 0.354 e. The number of sulfone groups is 1. The lowest BCUT2D eigenvalue weighted by Gasteiger charge is -2.33. The van der Waals surface area contributed by atoms with Crippen molar-refractivity contribution in [3.05, 3.63) is 0 Å². The summed E-state index contributed by atoms with van der Waals surface area (Å²) in [5.41, 5.74) is 0. The van der Waals surface area contributed by atoms with E-state index >= 15 is 0 Å². The van der Waals surface area contributed by atoms with Crippen LogP contribution in [-0.2, 0) is 9.84 Å². The third kappa shape index (κ3) is 6.84. The van der Waals surface area contributed by atoms with Crippen molar-refractivity contribution in [2.24, 2.45) is 22.7 Å². The van der Waals surface area contributed by atoms with E-state index in [4.69, 9.17) is 4.99 Å². The molecule has 3 aliphatic rings. The Morgan fingerprint density at radius 2 is 1.58 bits per heavy atom. The van der Waals surface area contributed by atoms with Crippen molar-refractivity contribution in [2.45, 2.75) is 77.3 Å². The zero-order chi connectivity index (χ0) is 17.9. The molecule has 0 bridgehead atoms. The first-order valence-electron chi connectivity index (χ1n) is 10.2. The highest BCUT2D eigenvalue weighted by Gasteiger charge is 2.29. The van der Waals surface area contributed by atoms with E-state index in [0.29, 0.717) is 30.1 Å². The highest BCUT2D eigenvalue weighted by Crippen LogP contribution is 2.28. The maximum Gasteiger partial charge on any atom is 0.191 e. The maximum absolute atomic E-state index is 11.7. The molecule has 0 aromatic heterocycles. The van der Waals surface area contributed by atoms with E-state index in [1.807, 2.05) is 0 Å². The van der Waals surface area contributed by atoms with Gasteiger partial charge in [0, 0.05) is 18.6 Å². The Bertz CT molecular complexity index is 565. The topological polar surface area (TPSA) is 70.6 Å². The van der Waals surface area contributed by atoms with Crippen LogP contribution >= 0.6 is 24.0 Å². The summed E-state index contributed by atoms with van der Waals surface area (Å²) >= 11 is 0. The molecule has 3 rings (SSSR count). The average molecular weight is 497 g/mol. The van der Waals surface area contributed by atoms with Crippen molar-refractivity contribution in [2.75, 3.05) is 18.1 Å². The van der Waals surface area contributed by atoms with Crippen molar-refractivity contribution in [1.29, 1.82) is 0 Å². The Hall–Kier alpha value is -0.0500. The van der Waals surface area contributed by atoms with Crippen LogP contribution in [0.1, 0.15) is 65.2 Å². The van der Waals surface area contributed by atoms with E-state index in [2.05, 4.69) is 24.5 Å². The van der Waals surface area contributed by atoms with Crippen LogP contribution in [0.5, 0.6) is 0 Å². The van der Waals surface area contributed by atoms with Crippen molar-refractivity contribution >= 4 is 39.8 Å². The zero-order valence-corrected chi connectivity index (χ0v) is 19.4. The summed E-state index contributed by atoms with van der Waals surface area (Å²) in [6.45, 7) is 5.31. The summed E-state index contributed by atoms with van der Waals surface area (Å²) < 4.78 is 23.3. The van der Waals surface area contributed by atoms with E-state index in [1.54, 1.807) is 0 Å². The Morgan fingerprint density at radius 1 is 0.962 bits per heavy atom. The number of hydrogen-bond donors (Lipinski definition) is 2. The number of hydrogen-bond acceptors (Lipinski definition) is 3. The number of nitrogens with zero attached hydrogens (tertiary/aromatic N) is 1. The number of nitrogens with one attached hydrogen (secondary N) is 2. The van der Waals surface area contributed by atoms with Crippen molar-refractivity contribution in [1.82, 2.24) is 10.6 Å². The Balaban J connectivity index is 0.00000243. The van der Waals surface area contributed by atoms with Crippen LogP contribution < -0.4 is 10.6 Å². The first-order chi connectivity index (χ1) is 11.9. The van der Waals surface area contributed by atoms with Gasteiger partial charge >= 0.3 is 0 Å². The van der Waals surface area contributed by atoms with Gasteiger partial charge in [-0.2, -0.15) is 0 Å². The molecule has 0 aromatic rings. The fourth-order valence-electron chi connectivity index (χ4n) is 4.89. The molecule has 2 saturated carbocycles. The minimum absolute atomic E-state index is 0. The number of aliphatic imine (C=N–C) groups is 1. The highest BCUT2D eigenvalue weighted by atomic mass is 127. The predicted octanol–water partition coefficient (Wildman–Crippen LogP) is 3.34. The van der Waals surface area contributed by atoms with Gasteiger partial charge in [0.1, 0.15) is 0 Å². The first kappa shape index (κ1) is 22.2. The maximum atomic E-state index is 11.7. The number of halogens is 1. The minimum atomic E-state index is -2.82. The van der Waals surface area contributed by atoms with Gasteiger partial charge in [0.2, 0.25) is 0 Å². The molecule has 3 fully saturated rings. The van der Waals surface area contributed by atoms with Gasteiger partial charge in [-0.25, -0.2) is 8.42 Å². The molecule has 2 N–H and O–H groups in total. The molecule has 1 aliphatic heterocycles. The molecular weight excluding hydrogens is 461 g/mol. The zero-order valence-electron chi connectivity index (χ0n) is 16.2. The summed E-state index contributed by atoms with van der Waals surface area (Å²) in [6.07, 6.45) is 9.51. The molecule has 5 nitrogen and oxygen atoms in total. The van der Waals surface area contributed by atoms with Crippen molar-refractivity contribution in [3.63, 3.8) is 0 Å². The summed E-state index contributed by atoms with van der Waals surface area (Å²) in [6, 6.07) is 1.01. The minimum Gasteiger partial charge on any atom is -0.354 e. The lowest BCUT2D eigenvalue weighted by Crippen LogP contribution is -2.49. The van der Waals surface area contributed by atoms with Gasteiger partial charge in [0.25, 0.3) is 0 Å². The number of guanidine groups is 1. The smallest absolute Gasteiger partial charge is 0.191 e. The van der Waals surface area contributed by atoms with Crippen LogP contribution in [0.2, 0.25) is 0 Å². The molecule has 0 amide bonds. The van der Waals surface area contributed by atoms with Crippen LogP contribution in [0.4, 0.5) is 0 Å². The average Bonchev–Trinajstić information content (AvgIpc) is 3.13. The Labute approximate surface area is 176 Å². The second kappa shape index (κ2) is 9.94. The molecule has 3 unspecified atom stereocenters. The van der Waals surface area contributed by atoms with Gasteiger partial charge in [-0.1, -0.05) is 26.7 Å². The normalized spacial score (nSPS) is 35.1. The molecular formula is C19H36IN3O2S. The summed E-state index contributed by atoms with van der Waals surface area (Å²) in [5.74, 6) is 3.27. The van der Waals surface area contributed by atoms with Gasteiger partial charge in [0.15, 0.2) is 15.8 Å². The summed E-state index contributed by atoms with van der Waals surface area (Å²) in [5, 5.41) is 7.30. The third-order valence-corrected chi connectivity index (χ3v) is 7.89. The van der Waals surface area contributed by atoms with E-state index in [-0.39, 0.29) is 29.9 Å². The van der Waals surface area contributed by atoms with Crippen LogP contribution in [0.3, 0.4) is 0 Å². The van der Waals surface area contributed by atoms with Crippen LogP contribution in [0.15, 0.2) is 4.99 Å². The van der Waals surface area contributed by atoms with Gasteiger partial charge in [-0.15, -0.1) is 24.0 Å². The molecule has 0 aromatic carbocycles. The Kier molecular flexibility index (Phi) is 8.50. The Morgan fingerprint density at radius 3 is 2.15 bits per heavy atom. The first-order valence-corrected chi connectivity index (χ1v) is 12.0. The highest BCUT2D eigenvalue weighted by molar-refractivity contribution is 14.0. The second-order valence-corrected chi connectivity index (χ2v) is 11.1. The van der Waals surface area contributed by atoms with E-state index in [0.717, 1.165) is 24.2 Å². The fourth-order valence-corrected chi connectivity index (χ4v) is 6.74. The molecule has 1 heterocycles. The van der Waals surface area contributed by atoms with Crippen molar-refractivity contribution < 1.29 is 8.42 Å². The van der Waals surface area contributed by atoms with E-state index < -0.39 is 9.84 Å². The third-order valence-electron chi connectivity index (χ3n) is 6.05. The molecule has 3 atom stereocenters. The second-order valence-electron chi connectivity index (χ2n) is 8.84. The lowest BCUT2D eigenvalue weighted by atomic mass is 9.80. The number of rotatable bonds is 4. The summed E-state index contributed by atoms with van der Waals surface area (Å²) in [4.78, 5) is 4.81. The lowest BCUT2D eigenvalue weighted by molar-refractivity contribution is 0.254. The SMILES string of the molecule is CC1CC(C)CC(NC(=NCC2CCS(=O)(=O)C2)NC2CCCC2)C1.I. The molecule has 0 spiro atoms. The van der Waals surface area contributed by atoms with Crippen LogP contribution in [-0.4, -0.2) is 44.5 Å². The van der Waals surface area contributed by atoms with Gasteiger partial charge in [-0.05, 0) is 56.3 Å². The van der Waals surface area contributed by atoms with Crippen molar-refractivity contribution in [3.8, 4) is 0 Å². The van der Waals surface area contributed by atoms with Crippen LogP contribution in [0, 0.1) is 17.8 Å². The molecule has 26 heavy (non-hydrogen) atoms. The molecule has 152 valence electrons. The molecule has 1 saturated heterocycles. The summed E-state index contributed by atoms with van der Waals surface area (Å²) in [7, 11) is -2.82. The van der Waals surface area contributed by atoms with E-state index in [1.165, 1.54) is 44.9 Å². The van der Waals surface area contributed by atoms with Gasteiger partial charge < -0.3 is 10.6 Å². The van der Waals surface area contributed by atoms with E-state index in [9.17, 15) is 8.42 Å². The quantitative estimate of drug-likeness (QED) is 0.355. The van der Waals surface area contributed by atoms with Gasteiger partial charge in [-0.3, -0.25) is 4.99 Å². The molecule has 0 radical (unpaired) electrons. The molecule has 2 aliphatic carbocycles. The monoisotopic (exact) mass is 497 g/mol. The van der Waals surface area contributed by atoms with Crippen LogP contribution in [0.25, 0.3) is 0 Å². The predicted molar refractivity (Wildman–Crippen MR) is 119 cm³/mol. The molecule has 7 heteroatoms.